The summed E-state index contributed by atoms with van der Waals surface area (Å²) in [6.07, 6.45) is 1.10. The largest absolute Gasteiger partial charge is 0.458 e. The van der Waals surface area contributed by atoms with Crippen LogP contribution in [0.3, 0.4) is 0 Å². The van der Waals surface area contributed by atoms with Crippen LogP contribution in [-0.4, -0.2) is 21.6 Å². The normalized spacial score (nSPS) is 10.9. The van der Waals surface area contributed by atoms with Crippen LogP contribution in [0.2, 0.25) is 0 Å². The van der Waals surface area contributed by atoms with Gasteiger partial charge in [-0.3, -0.25) is 10.1 Å². The zero-order valence-electron chi connectivity index (χ0n) is 10.3. The molecule has 6 nitrogen and oxygen atoms in total. The van der Waals surface area contributed by atoms with Crippen molar-refractivity contribution in [2.45, 2.75) is 39.8 Å². The number of nitrogens with zero attached hydrogens (tertiary/aromatic N) is 2. The molecule has 1 aromatic heterocycles. The lowest BCUT2D eigenvalue weighted by Crippen LogP contribution is -2.16. The van der Waals surface area contributed by atoms with E-state index in [2.05, 4.69) is 0 Å². The zero-order chi connectivity index (χ0) is 13.2. The quantitative estimate of drug-likeness (QED) is 0.460. The molecule has 0 bridgehead atoms. The summed E-state index contributed by atoms with van der Waals surface area (Å²) >= 11 is 0. The molecular weight excluding hydrogens is 224 g/mol. The third-order valence-electron chi connectivity index (χ3n) is 2.15. The Morgan fingerprint density at radius 3 is 2.41 bits per heavy atom. The lowest BCUT2D eigenvalue weighted by molar-refractivity contribution is -0.384. The Morgan fingerprint density at radius 2 is 2.00 bits per heavy atom. The van der Waals surface area contributed by atoms with Crippen LogP contribution in [0.25, 0.3) is 0 Å². The topological polar surface area (TPSA) is 74.4 Å². The van der Waals surface area contributed by atoms with Gasteiger partial charge in [0.05, 0.1) is 17.2 Å². The minimum Gasteiger partial charge on any atom is -0.458 e. The van der Waals surface area contributed by atoms with E-state index in [-0.39, 0.29) is 23.5 Å². The molecule has 0 unspecified atom stereocenters. The molecule has 0 aliphatic heterocycles. The van der Waals surface area contributed by atoms with Crippen LogP contribution in [0.5, 0.6) is 0 Å². The standard InChI is InChI=1S/C11H16N2O4/c1-7(2)12-6-9(13(15)16)5-10(12)11(14)17-8(3)4/h5-8H,1-4H3. The Labute approximate surface area is 99.3 Å². The van der Waals surface area contributed by atoms with E-state index in [1.165, 1.54) is 12.3 Å². The monoisotopic (exact) mass is 240 g/mol. The van der Waals surface area contributed by atoms with Gasteiger partial charge in [0, 0.05) is 12.1 Å². The molecule has 0 saturated heterocycles. The van der Waals surface area contributed by atoms with Crippen molar-refractivity contribution < 1.29 is 14.5 Å². The van der Waals surface area contributed by atoms with Crippen molar-refractivity contribution >= 4 is 11.7 Å². The summed E-state index contributed by atoms with van der Waals surface area (Å²) in [5, 5.41) is 10.7. The summed E-state index contributed by atoms with van der Waals surface area (Å²) in [4.78, 5) is 21.9. The molecule has 1 rings (SSSR count). The summed E-state index contributed by atoms with van der Waals surface area (Å²) in [7, 11) is 0. The van der Waals surface area contributed by atoms with Crippen LogP contribution in [0, 0.1) is 10.1 Å². The van der Waals surface area contributed by atoms with Crippen LogP contribution in [-0.2, 0) is 4.74 Å². The molecular formula is C11H16N2O4. The summed E-state index contributed by atoms with van der Waals surface area (Å²) in [6, 6.07) is 1.20. The first-order valence-corrected chi connectivity index (χ1v) is 5.40. The fourth-order valence-electron chi connectivity index (χ4n) is 1.43. The van der Waals surface area contributed by atoms with Crippen molar-refractivity contribution in [1.29, 1.82) is 0 Å². The van der Waals surface area contributed by atoms with Gasteiger partial charge in [0.15, 0.2) is 0 Å². The van der Waals surface area contributed by atoms with Gasteiger partial charge in [0.1, 0.15) is 5.69 Å². The van der Waals surface area contributed by atoms with Crippen LogP contribution in [0.4, 0.5) is 5.69 Å². The number of aromatic nitrogens is 1. The number of ether oxygens (including phenoxy) is 1. The summed E-state index contributed by atoms with van der Waals surface area (Å²) < 4.78 is 6.58. The fraction of sp³-hybridized carbons (Fsp3) is 0.545. The second-order valence-corrected chi connectivity index (χ2v) is 4.30. The molecule has 0 amide bonds. The van der Waals surface area contributed by atoms with E-state index in [1.54, 1.807) is 18.4 Å². The van der Waals surface area contributed by atoms with Gasteiger partial charge in [0.2, 0.25) is 0 Å². The third kappa shape index (κ3) is 3.05. The molecule has 94 valence electrons. The van der Waals surface area contributed by atoms with Crippen molar-refractivity contribution in [3.8, 4) is 0 Å². The number of rotatable bonds is 4. The zero-order valence-corrected chi connectivity index (χ0v) is 10.3. The molecule has 0 aliphatic rings. The van der Waals surface area contributed by atoms with E-state index < -0.39 is 10.9 Å². The van der Waals surface area contributed by atoms with Gasteiger partial charge in [-0.2, -0.15) is 0 Å². The van der Waals surface area contributed by atoms with Gasteiger partial charge < -0.3 is 9.30 Å². The Morgan fingerprint density at radius 1 is 1.41 bits per heavy atom. The highest BCUT2D eigenvalue weighted by atomic mass is 16.6. The molecule has 0 atom stereocenters. The highest BCUT2D eigenvalue weighted by Crippen LogP contribution is 2.21. The van der Waals surface area contributed by atoms with Gasteiger partial charge in [0.25, 0.3) is 5.69 Å². The molecule has 0 saturated carbocycles. The molecule has 0 fully saturated rings. The Hall–Kier alpha value is -1.85. The summed E-state index contributed by atoms with van der Waals surface area (Å²) in [5.74, 6) is -0.540. The number of esters is 1. The number of hydrogen-bond acceptors (Lipinski definition) is 4. The SMILES string of the molecule is CC(C)OC(=O)c1cc([N+](=O)[O-])cn1C(C)C. The first-order chi connectivity index (χ1) is 7.82. The minimum absolute atomic E-state index is 0.0431. The number of nitro groups is 1. The Balaban J connectivity index is 3.12. The predicted octanol–water partition coefficient (Wildman–Crippen LogP) is 2.54. The van der Waals surface area contributed by atoms with Crippen LogP contribution >= 0.6 is 0 Å². The second kappa shape index (κ2) is 4.99. The van der Waals surface area contributed by atoms with E-state index in [1.807, 2.05) is 13.8 Å². The molecule has 17 heavy (non-hydrogen) atoms. The highest BCUT2D eigenvalue weighted by molar-refractivity contribution is 5.88. The van der Waals surface area contributed by atoms with Crippen LogP contribution in [0.1, 0.15) is 44.2 Å². The first-order valence-electron chi connectivity index (χ1n) is 5.40. The molecule has 1 heterocycles. The van der Waals surface area contributed by atoms with Gasteiger partial charge >= 0.3 is 5.97 Å². The first kappa shape index (κ1) is 13.2. The van der Waals surface area contributed by atoms with Gasteiger partial charge in [-0.05, 0) is 27.7 Å². The summed E-state index contributed by atoms with van der Waals surface area (Å²) in [5.41, 5.74) is 0.106. The van der Waals surface area contributed by atoms with Gasteiger partial charge in [-0.1, -0.05) is 0 Å². The predicted molar refractivity (Wildman–Crippen MR) is 62.0 cm³/mol. The van der Waals surface area contributed by atoms with Crippen molar-refractivity contribution in [1.82, 2.24) is 4.57 Å². The van der Waals surface area contributed by atoms with E-state index in [4.69, 9.17) is 4.74 Å². The van der Waals surface area contributed by atoms with Crippen molar-refractivity contribution in [2.24, 2.45) is 0 Å². The number of carbonyl (C=O) groups is 1. The molecule has 0 N–H and O–H groups in total. The van der Waals surface area contributed by atoms with Crippen molar-refractivity contribution in [2.75, 3.05) is 0 Å². The molecule has 0 radical (unpaired) electrons. The number of carbonyl (C=O) groups excluding carboxylic acids is 1. The average Bonchev–Trinajstić information content (AvgIpc) is 2.60. The summed E-state index contributed by atoms with van der Waals surface area (Å²) in [6.45, 7) is 7.15. The van der Waals surface area contributed by atoms with Gasteiger partial charge in [-0.25, -0.2) is 4.79 Å². The van der Waals surface area contributed by atoms with Crippen LogP contribution < -0.4 is 0 Å². The molecule has 0 aliphatic carbocycles. The van der Waals surface area contributed by atoms with Crippen molar-refractivity contribution in [3.05, 3.63) is 28.1 Å². The van der Waals surface area contributed by atoms with Crippen molar-refractivity contribution in [3.63, 3.8) is 0 Å². The lowest BCUT2D eigenvalue weighted by atomic mass is 10.3. The molecule has 0 spiro atoms. The Bertz CT molecular complexity index is 435. The maximum Gasteiger partial charge on any atom is 0.355 e. The van der Waals surface area contributed by atoms with E-state index in [9.17, 15) is 14.9 Å². The van der Waals surface area contributed by atoms with Crippen LogP contribution in [0.15, 0.2) is 12.3 Å². The highest BCUT2D eigenvalue weighted by Gasteiger charge is 2.22. The Kier molecular flexibility index (Phi) is 3.88. The number of hydrogen-bond donors (Lipinski definition) is 0. The van der Waals surface area contributed by atoms with E-state index >= 15 is 0 Å². The lowest BCUT2D eigenvalue weighted by Gasteiger charge is -2.12. The van der Waals surface area contributed by atoms with E-state index in [0.29, 0.717) is 0 Å². The molecule has 1 aromatic rings. The molecule has 6 heteroatoms. The average molecular weight is 240 g/mol. The maximum absolute atomic E-state index is 11.8. The molecule has 0 aromatic carbocycles. The second-order valence-electron chi connectivity index (χ2n) is 4.30. The van der Waals surface area contributed by atoms with E-state index in [0.717, 1.165) is 0 Å². The third-order valence-corrected chi connectivity index (χ3v) is 2.15. The fourth-order valence-corrected chi connectivity index (χ4v) is 1.43. The minimum atomic E-state index is -0.540. The van der Waals surface area contributed by atoms with Gasteiger partial charge in [-0.15, -0.1) is 0 Å². The maximum atomic E-state index is 11.8. The smallest absolute Gasteiger partial charge is 0.355 e.